The summed E-state index contributed by atoms with van der Waals surface area (Å²) in [6.45, 7) is 3.45. The van der Waals surface area contributed by atoms with Crippen molar-refractivity contribution < 1.29 is 13.6 Å². The molecule has 1 aromatic heterocycles. The highest BCUT2D eigenvalue weighted by molar-refractivity contribution is 5.79. The maximum atomic E-state index is 13.4. The summed E-state index contributed by atoms with van der Waals surface area (Å²) in [4.78, 5) is 20.8. The topological polar surface area (TPSA) is 62.5 Å². The number of anilines is 1. The molecule has 2 aliphatic heterocycles. The number of nitrogen functional groups attached to an aromatic ring is 1. The number of carbonyl (C=O) groups excluding carboxylic acids is 1. The van der Waals surface area contributed by atoms with Gasteiger partial charge in [0.05, 0.1) is 0 Å². The zero-order valence-corrected chi connectivity index (χ0v) is 15.7. The number of pyridine rings is 1. The lowest BCUT2D eigenvalue weighted by atomic mass is 9.77. The molecule has 1 spiro atoms. The number of likely N-dealkylation sites (tertiary alicyclic amines) is 2. The van der Waals surface area contributed by atoms with E-state index >= 15 is 0 Å². The van der Waals surface area contributed by atoms with Crippen molar-refractivity contribution in [3.8, 4) is 0 Å². The van der Waals surface area contributed by atoms with E-state index in [4.69, 9.17) is 5.73 Å². The van der Waals surface area contributed by atoms with Gasteiger partial charge in [-0.05, 0) is 55.1 Å². The van der Waals surface area contributed by atoms with Crippen LogP contribution in [0.4, 0.5) is 14.6 Å². The summed E-state index contributed by atoms with van der Waals surface area (Å²) >= 11 is 0. The number of amides is 1. The molecule has 0 unspecified atom stereocenters. The third kappa shape index (κ3) is 3.99. The van der Waals surface area contributed by atoms with E-state index in [0.717, 1.165) is 44.1 Å². The number of aromatic nitrogens is 1. The number of hydrogen-bond donors (Lipinski definition) is 1. The maximum Gasteiger partial charge on any atom is 0.223 e. The van der Waals surface area contributed by atoms with Crippen molar-refractivity contribution in [2.45, 2.75) is 32.4 Å². The Balaban J connectivity index is 1.37. The van der Waals surface area contributed by atoms with Crippen molar-refractivity contribution in [3.05, 3.63) is 59.3 Å². The second kappa shape index (κ2) is 7.47. The molecule has 2 saturated heterocycles. The molecule has 0 atom stereocenters. The highest BCUT2D eigenvalue weighted by Gasteiger charge is 2.44. The van der Waals surface area contributed by atoms with Gasteiger partial charge in [-0.15, -0.1) is 0 Å². The smallest absolute Gasteiger partial charge is 0.223 e. The van der Waals surface area contributed by atoms with E-state index < -0.39 is 11.6 Å². The van der Waals surface area contributed by atoms with Gasteiger partial charge in [-0.25, -0.2) is 13.8 Å². The van der Waals surface area contributed by atoms with Crippen molar-refractivity contribution in [3.63, 3.8) is 0 Å². The van der Waals surface area contributed by atoms with Crippen molar-refractivity contribution in [1.82, 2.24) is 14.8 Å². The molecule has 148 valence electrons. The maximum absolute atomic E-state index is 13.4. The molecule has 7 heteroatoms. The molecule has 4 rings (SSSR count). The minimum absolute atomic E-state index is 0.0417. The SMILES string of the molecule is Nc1ncccc1CN1CCC2(CC1)CC(=O)N(Cc1cc(F)cc(F)c1)C2. The number of halogens is 2. The molecule has 2 aromatic rings. The number of rotatable bonds is 4. The Labute approximate surface area is 163 Å². The first-order valence-corrected chi connectivity index (χ1v) is 9.57. The molecule has 0 saturated carbocycles. The third-order valence-electron chi connectivity index (χ3n) is 5.94. The van der Waals surface area contributed by atoms with Gasteiger partial charge in [0.15, 0.2) is 0 Å². The van der Waals surface area contributed by atoms with Gasteiger partial charge in [-0.3, -0.25) is 9.69 Å². The normalized spacial score (nSPS) is 19.5. The number of hydrogen-bond acceptors (Lipinski definition) is 4. The zero-order valence-electron chi connectivity index (χ0n) is 15.7. The molecule has 2 aliphatic rings. The summed E-state index contributed by atoms with van der Waals surface area (Å²) in [5, 5.41) is 0. The van der Waals surface area contributed by atoms with Gasteiger partial charge >= 0.3 is 0 Å². The Morgan fingerprint density at radius 3 is 2.50 bits per heavy atom. The van der Waals surface area contributed by atoms with Gasteiger partial charge in [0.1, 0.15) is 17.5 Å². The van der Waals surface area contributed by atoms with E-state index in [-0.39, 0.29) is 17.9 Å². The predicted molar refractivity (Wildman–Crippen MR) is 102 cm³/mol. The fourth-order valence-electron chi connectivity index (χ4n) is 4.39. The van der Waals surface area contributed by atoms with Crippen LogP contribution in [0.1, 0.15) is 30.4 Å². The zero-order chi connectivity index (χ0) is 19.7. The Bertz CT molecular complexity index is 860. The molecule has 2 N–H and O–H groups in total. The van der Waals surface area contributed by atoms with Crippen LogP contribution in [0.25, 0.3) is 0 Å². The summed E-state index contributed by atoms with van der Waals surface area (Å²) < 4.78 is 26.9. The van der Waals surface area contributed by atoms with Crippen molar-refractivity contribution >= 4 is 11.7 Å². The lowest BCUT2D eigenvalue weighted by molar-refractivity contribution is -0.128. The van der Waals surface area contributed by atoms with Crippen LogP contribution in [-0.4, -0.2) is 40.3 Å². The Morgan fingerprint density at radius 1 is 1.11 bits per heavy atom. The van der Waals surface area contributed by atoms with E-state index in [1.54, 1.807) is 11.1 Å². The fourth-order valence-corrected chi connectivity index (χ4v) is 4.39. The van der Waals surface area contributed by atoms with Gasteiger partial charge in [-0.2, -0.15) is 0 Å². The molecular weight excluding hydrogens is 362 g/mol. The molecule has 5 nitrogen and oxygen atoms in total. The van der Waals surface area contributed by atoms with E-state index in [9.17, 15) is 13.6 Å². The number of nitrogens with two attached hydrogens (primary N) is 1. The first kappa shape index (κ1) is 18.8. The number of nitrogens with zero attached hydrogens (tertiary/aromatic N) is 3. The largest absolute Gasteiger partial charge is 0.383 e. The summed E-state index contributed by atoms with van der Waals surface area (Å²) in [5.74, 6) is -0.597. The van der Waals surface area contributed by atoms with E-state index in [1.807, 2.05) is 12.1 Å². The van der Waals surface area contributed by atoms with Crippen LogP contribution in [0.15, 0.2) is 36.5 Å². The summed E-state index contributed by atoms with van der Waals surface area (Å²) in [6.07, 6.45) is 4.04. The van der Waals surface area contributed by atoms with Crippen molar-refractivity contribution in [2.75, 3.05) is 25.4 Å². The van der Waals surface area contributed by atoms with Gasteiger partial charge in [0.25, 0.3) is 0 Å². The molecule has 1 amide bonds. The summed E-state index contributed by atoms with van der Waals surface area (Å²) in [7, 11) is 0. The van der Waals surface area contributed by atoms with E-state index in [0.29, 0.717) is 24.3 Å². The van der Waals surface area contributed by atoms with Gasteiger partial charge < -0.3 is 10.6 Å². The van der Waals surface area contributed by atoms with Crippen LogP contribution in [0.5, 0.6) is 0 Å². The molecule has 2 fully saturated rings. The molecular formula is C21H24F2N4O. The highest BCUT2D eigenvalue weighted by Crippen LogP contribution is 2.41. The van der Waals surface area contributed by atoms with Crippen LogP contribution in [0, 0.1) is 17.0 Å². The van der Waals surface area contributed by atoms with Crippen molar-refractivity contribution in [2.24, 2.45) is 5.41 Å². The first-order chi connectivity index (χ1) is 13.4. The Hall–Kier alpha value is -2.54. The monoisotopic (exact) mass is 386 g/mol. The van der Waals surface area contributed by atoms with Crippen LogP contribution in [0.2, 0.25) is 0 Å². The van der Waals surface area contributed by atoms with Crippen LogP contribution < -0.4 is 5.73 Å². The summed E-state index contributed by atoms with van der Waals surface area (Å²) in [5.41, 5.74) is 7.42. The minimum Gasteiger partial charge on any atom is -0.383 e. The lowest BCUT2D eigenvalue weighted by Gasteiger charge is -2.39. The lowest BCUT2D eigenvalue weighted by Crippen LogP contribution is -2.41. The third-order valence-corrected chi connectivity index (χ3v) is 5.94. The van der Waals surface area contributed by atoms with Crippen LogP contribution >= 0.6 is 0 Å². The fraction of sp³-hybridized carbons (Fsp3) is 0.429. The molecule has 28 heavy (non-hydrogen) atoms. The number of carbonyl (C=O) groups is 1. The standard InChI is InChI=1S/C21H24F2N4O/c22-17-8-15(9-18(23)10-17)12-27-14-21(11-19(27)28)3-6-26(7-4-21)13-16-2-1-5-25-20(16)24/h1-2,5,8-10H,3-4,6-7,11-14H2,(H2,24,25). The molecule has 0 aliphatic carbocycles. The predicted octanol–water partition coefficient (Wildman–Crippen LogP) is 2.96. The van der Waals surface area contributed by atoms with Gasteiger partial charge in [0.2, 0.25) is 5.91 Å². The van der Waals surface area contributed by atoms with Crippen LogP contribution in [-0.2, 0) is 17.9 Å². The molecule has 1 aromatic carbocycles. The average Bonchev–Trinajstić information content (AvgIpc) is 2.93. The second-order valence-electron chi connectivity index (χ2n) is 8.03. The van der Waals surface area contributed by atoms with Crippen molar-refractivity contribution in [1.29, 1.82) is 0 Å². The van der Waals surface area contributed by atoms with Gasteiger partial charge in [0, 0.05) is 43.9 Å². The van der Waals surface area contributed by atoms with E-state index in [1.165, 1.54) is 12.1 Å². The highest BCUT2D eigenvalue weighted by atomic mass is 19.1. The molecule has 3 heterocycles. The quantitative estimate of drug-likeness (QED) is 0.878. The minimum atomic E-state index is -0.612. The van der Waals surface area contributed by atoms with E-state index in [2.05, 4.69) is 9.88 Å². The average molecular weight is 386 g/mol. The molecule has 0 radical (unpaired) electrons. The summed E-state index contributed by atoms with van der Waals surface area (Å²) in [6, 6.07) is 7.32. The molecule has 0 bridgehead atoms. The van der Waals surface area contributed by atoms with Crippen LogP contribution in [0.3, 0.4) is 0 Å². The first-order valence-electron chi connectivity index (χ1n) is 9.57. The number of benzene rings is 1. The second-order valence-corrected chi connectivity index (χ2v) is 8.03. The Morgan fingerprint density at radius 2 is 1.82 bits per heavy atom. The Kier molecular flexibility index (Phi) is 5.02. The van der Waals surface area contributed by atoms with Gasteiger partial charge in [-0.1, -0.05) is 6.07 Å². The number of piperidine rings is 1.